The van der Waals surface area contributed by atoms with E-state index >= 15 is 0 Å². The molecule has 0 radical (unpaired) electrons. The Morgan fingerprint density at radius 3 is 2.45 bits per heavy atom. The number of anilines is 2. The van der Waals surface area contributed by atoms with E-state index in [0.717, 1.165) is 11.6 Å². The van der Waals surface area contributed by atoms with Crippen LogP contribution in [-0.2, 0) is 6.18 Å². The van der Waals surface area contributed by atoms with Gasteiger partial charge in [0.25, 0.3) is 0 Å². The van der Waals surface area contributed by atoms with Gasteiger partial charge in [0.15, 0.2) is 0 Å². The Bertz CT molecular complexity index is 763. The smallest absolute Gasteiger partial charge is 0.324 e. The summed E-state index contributed by atoms with van der Waals surface area (Å²) in [5.74, 6) is 0.204. The van der Waals surface area contributed by atoms with E-state index in [0.29, 0.717) is 5.52 Å². The Morgan fingerprint density at radius 1 is 1.05 bits per heavy atom. The number of nitrogens with zero attached hydrogens (tertiary/aromatic N) is 1. The van der Waals surface area contributed by atoms with Gasteiger partial charge in [-0.3, -0.25) is 0 Å². The number of H-pyrrole nitrogens is 1. The molecule has 0 aliphatic heterocycles. The van der Waals surface area contributed by atoms with E-state index in [1.807, 2.05) is 0 Å². The maximum atomic E-state index is 13.0. The van der Waals surface area contributed by atoms with Crippen LogP contribution in [0.5, 0.6) is 0 Å². The first-order valence-electron chi connectivity index (χ1n) is 6.02. The highest BCUT2D eigenvalue weighted by Crippen LogP contribution is 2.39. The quantitative estimate of drug-likeness (QED) is 0.641. The number of nitrogens with one attached hydrogen (secondary N) is 2. The lowest BCUT2D eigenvalue weighted by atomic mass is 10.1. The van der Waals surface area contributed by atoms with Crippen molar-refractivity contribution in [3.8, 4) is 0 Å². The van der Waals surface area contributed by atoms with Crippen molar-refractivity contribution in [2.24, 2.45) is 0 Å². The Hall–Kier alpha value is -2.21. The highest BCUT2D eigenvalue weighted by atomic mass is 35.5. The van der Waals surface area contributed by atoms with Crippen molar-refractivity contribution in [2.45, 2.75) is 13.6 Å². The number of aromatic amines is 1. The van der Waals surface area contributed by atoms with Crippen molar-refractivity contribution in [1.82, 2.24) is 9.97 Å². The molecule has 3 aromatic rings. The van der Waals surface area contributed by atoms with Gasteiger partial charge in [0, 0.05) is 0 Å². The zero-order chi connectivity index (χ0) is 15.0. The van der Waals surface area contributed by atoms with Gasteiger partial charge in [-0.25, -0.2) is 4.98 Å². The lowest BCUT2D eigenvalue weighted by Crippen LogP contribution is -2.09. The monoisotopic (exact) mass is 327 g/mol. The molecule has 0 fully saturated rings. The molecule has 2 aromatic carbocycles. The van der Waals surface area contributed by atoms with Gasteiger partial charge < -0.3 is 10.3 Å². The number of hydrogen-bond acceptors (Lipinski definition) is 2. The summed E-state index contributed by atoms with van der Waals surface area (Å²) in [6, 6.07) is 10.8. The molecule has 0 aliphatic rings. The molecule has 0 bridgehead atoms. The second-order valence-corrected chi connectivity index (χ2v) is 4.79. The molecule has 0 amide bonds. The van der Waals surface area contributed by atoms with Crippen molar-refractivity contribution in [3.05, 3.63) is 53.1 Å². The molecule has 2 N–H and O–H groups in total. The van der Waals surface area contributed by atoms with Gasteiger partial charge in [-0.2, -0.15) is 13.2 Å². The molecular weight excluding hydrogens is 315 g/mol. The maximum absolute atomic E-state index is 13.0. The van der Waals surface area contributed by atoms with Gasteiger partial charge in [-0.05, 0) is 24.3 Å². The van der Waals surface area contributed by atoms with E-state index in [-0.39, 0.29) is 24.1 Å². The van der Waals surface area contributed by atoms with Gasteiger partial charge in [-0.15, -0.1) is 0 Å². The molecule has 0 atom stereocenters. The predicted molar refractivity (Wildman–Crippen MR) is 82.6 cm³/mol. The zero-order valence-electron chi connectivity index (χ0n) is 10.5. The standard InChI is InChI=1S/C14H9ClF3N3.CH4/c15-9-5-3-4-8(14(16,17)18)12(9)21-13-19-10-6-1-2-7-11(10)20-13;/h1-7H,(H2,19,20,21);1H4. The van der Waals surface area contributed by atoms with Gasteiger partial charge in [0.1, 0.15) is 0 Å². The minimum atomic E-state index is -4.50. The largest absolute Gasteiger partial charge is 0.418 e. The number of para-hydroxylation sites is 3. The van der Waals surface area contributed by atoms with Crippen molar-refractivity contribution in [1.29, 1.82) is 0 Å². The third-order valence-corrected chi connectivity index (χ3v) is 3.27. The third-order valence-electron chi connectivity index (χ3n) is 2.95. The lowest BCUT2D eigenvalue weighted by molar-refractivity contribution is -0.136. The molecule has 22 heavy (non-hydrogen) atoms. The summed E-state index contributed by atoms with van der Waals surface area (Å²) in [6.07, 6.45) is -4.50. The van der Waals surface area contributed by atoms with Gasteiger partial charge in [-0.1, -0.05) is 37.2 Å². The normalized spacial score (nSPS) is 11.3. The Labute approximate surface area is 130 Å². The van der Waals surface area contributed by atoms with Crippen molar-refractivity contribution >= 4 is 34.3 Å². The van der Waals surface area contributed by atoms with Crippen LogP contribution in [0.3, 0.4) is 0 Å². The number of aromatic nitrogens is 2. The zero-order valence-corrected chi connectivity index (χ0v) is 11.3. The SMILES string of the molecule is C.FC(F)(F)c1cccc(Cl)c1Nc1nc2ccccc2[nH]1. The molecule has 0 aliphatic carbocycles. The first-order valence-corrected chi connectivity index (χ1v) is 6.40. The first kappa shape index (κ1) is 16.2. The van der Waals surface area contributed by atoms with E-state index in [9.17, 15) is 13.2 Å². The maximum Gasteiger partial charge on any atom is 0.418 e. The fourth-order valence-corrected chi connectivity index (χ4v) is 2.24. The third kappa shape index (κ3) is 3.01. The molecule has 7 heteroatoms. The van der Waals surface area contributed by atoms with E-state index in [1.54, 1.807) is 24.3 Å². The van der Waals surface area contributed by atoms with Crippen molar-refractivity contribution in [2.75, 3.05) is 5.32 Å². The average Bonchev–Trinajstić information content (AvgIpc) is 2.82. The molecule has 0 spiro atoms. The number of alkyl halides is 3. The van der Waals surface area contributed by atoms with Crippen LogP contribution in [0.25, 0.3) is 11.0 Å². The van der Waals surface area contributed by atoms with E-state index in [1.165, 1.54) is 12.1 Å². The Morgan fingerprint density at radius 2 is 1.77 bits per heavy atom. The van der Waals surface area contributed by atoms with Gasteiger partial charge in [0.05, 0.1) is 27.3 Å². The van der Waals surface area contributed by atoms with Crippen LogP contribution in [-0.4, -0.2) is 9.97 Å². The second kappa shape index (κ2) is 5.88. The van der Waals surface area contributed by atoms with Crippen LogP contribution in [0, 0.1) is 0 Å². The van der Waals surface area contributed by atoms with Gasteiger partial charge in [0.2, 0.25) is 5.95 Å². The fraction of sp³-hybridized carbons (Fsp3) is 0.133. The molecule has 3 rings (SSSR count). The molecule has 0 saturated heterocycles. The Balaban J connectivity index is 0.00000176. The summed E-state index contributed by atoms with van der Waals surface area (Å²) in [6.45, 7) is 0. The van der Waals surface area contributed by atoms with Crippen LogP contribution in [0.15, 0.2) is 42.5 Å². The predicted octanol–water partition coefficient (Wildman–Crippen LogP) is 5.61. The summed E-state index contributed by atoms with van der Waals surface area (Å²) in [5, 5.41) is 2.60. The number of imidazole rings is 1. The van der Waals surface area contributed by atoms with Crippen LogP contribution >= 0.6 is 11.6 Å². The van der Waals surface area contributed by atoms with Crippen LogP contribution < -0.4 is 5.32 Å². The van der Waals surface area contributed by atoms with Crippen LogP contribution in [0.1, 0.15) is 13.0 Å². The average molecular weight is 328 g/mol. The van der Waals surface area contributed by atoms with Crippen molar-refractivity contribution < 1.29 is 13.2 Å². The molecule has 116 valence electrons. The molecular formula is C15H13ClF3N3. The van der Waals surface area contributed by atoms with Gasteiger partial charge >= 0.3 is 6.18 Å². The topological polar surface area (TPSA) is 40.7 Å². The number of halogens is 4. The van der Waals surface area contributed by atoms with Crippen molar-refractivity contribution in [3.63, 3.8) is 0 Å². The summed E-state index contributed by atoms with van der Waals surface area (Å²) in [7, 11) is 0. The minimum Gasteiger partial charge on any atom is -0.324 e. The molecule has 0 unspecified atom stereocenters. The second-order valence-electron chi connectivity index (χ2n) is 4.39. The Kier molecular flexibility index (Phi) is 4.32. The molecule has 1 aromatic heterocycles. The molecule has 0 saturated carbocycles. The minimum absolute atomic E-state index is 0. The highest BCUT2D eigenvalue weighted by Gasteiger charge is 2.34. The summed E-state index contributed by atoms with van der Waals surface area (Å²) >= 11 is 5.88. The van der Waals surface area contributed by atoms with E-state index in [2.05, 4.69) is 15.3 Å². The fourth-order valence-electron chi connectivity index (χ4n) is 2.02. The summed E-state index contributed by atoms with van der Waals surface area (Å²) in [4.78, 5) is 7.08. The molecule has 3 nitrogen and oxygen atoms in total. The van der Waals surface area contributed by atoms with Crippen LogP contribution in [0.4, 0.5) is 24.8 Å². The molecule has 1 heterocycles. The summed E-state index contributed by atoms with van der Waals surface area (Å²) < 4.78 is 39.0. The number of hydrogen-bond donors (Lipinski definition) is 2. The number of fused-ring (bicyclic) bond motifs is 1. The first-order chi connectivity index (χ1) is 9.95. The summed E-state index contributed by atoms with van der Waals surface area (Å²) in [5.41, 5.74) is 0.322. The highest BCUT2D eigenvalue weighted by molar-refractivity contribution is 6.33. The van der Waals surface area contributed by atoms with E-state index in [4.69, 9.17) is 11.6 Å². The lowest BCUT2D eigenvalue weighted by Gasteiger charge is -2.14. The number of rotatable bonds is 2. The van der Waals surface area contributed by atoms with E-state index < -0.39 is 11.7 Å². The van der Waals surface area contributed by atoms with Crippen LogP contribution in [0.2, 0.25) is 5.02 Å². The number of benzene rings is 2.